The fourth-order valence-corrected chi connectivity index (χ4v) is 6.11. The predicted molar refractivity (Wildman–Crippen MR) is 130 cm³/mol. The van der Waals surface area contributed by atoms with Crippen molar-refractivity contribution in [2.75, 3.05) is 37.4 Å². The van der Waals surface area contributed by atoms with Gasteiger partial charge in [-0.25, -0.2) is 13.4 Å². The number of carbonyl (C=O) groups is 1. The van der Waals surface area contributed by atoms with Gasteiger partial charge in [0, 0.05) is 25.3 Å². The van der Waals surface area contributed by atoms with E-state index in [9.17, 15) is 13.2 Å². The second kappa shape index (κ2) is 9.84. The van der Waals surface area contributed by atoms with Gasteiger partial charge in [0.25, 0.3) is 0 Å². The third kappa shape index (κ3) is 4.93. The molecule has 0 unspecified atom stereocenters. The van der Waals surface area contributed by atoms with Crippen LogP contribution in [0.1, 0.15) is 18.1 Å². The average molecular weight is 489 g/mol. The number of aromatic nitrogens is 2. The highest BCUT2D eigenvalue weighted by molar-refractivity contribution is 7.99. The van der Waals surface area contributed by atoms with E-state index in [-0.39, 0.29) is 16.6 Å². The molecule has 1 fully saturated rings. The highest BCUT2D eigenvalue weighted by atomic mass is 32.2. The van der Waals surface area contributed by atoms with Gasteiger partial charge >= 0.3 is 0 Å². The quantitative estimate of drug-likeness (QED) is 0.512. The molecule has 1 aliphatic heterocycles. The van der Waals surface area contributed by atoms with Crippen LogP contribution in [-0.4, -0.2) is 60.2 Å². The molecule has 1 amide bonds. The zero-order valence-corrected chi connectivity index (χ0v) is 20.6. The predicted octanol–water partition coefficient (Wildman–Crippen LogP) is 3.42. The SMILES string of the molecule is CCn1c(SCC(=O)Nc2cccc(C)c2C)nc2cc(S(=O)(=O)N3CCOCC3)ccc21. The van der Waals surface area contributed by atoms with E-state index in [0.717, 1.165) is 22.3 Å². The van der Waals surface area contributed by atoms with E-state index in [2.05, 4.69) is 10.3 Å². The molecule has 0 spiro atoms. The van der Waals surface area contributed by atoms with Gasteiger partial charge < -0.3 is 14.6 Å². The molecule has 0 aliphatic carbocycles. The molecule has 1 aromatic heterocycles. The lowest BCUT2D eigenvalue weighted by molar-refractivity contribution is -0.113. The summed E-state index contributed by atoms with van der Waals surface area (Å²) in [5, 5.41) is 3.65. The molecule has 0 saturated carbocycles. The van der Waals surface area contributed by atoms with Crippen LogP contribution in [0.5, 0.6) is 0 Å². The number of thioether (sulfide) groups is 1. The number of nitrogens with one attached hydrogen (secondary N) is 1. The second-order valence-electron chi connectivity index (χ2n) is 7.89. The Morgan fingerprint density at radius 3 is 2.67 bits per heavy atom. The van der Waals surface area contributed by atoms with Crippen molar-refractivity contribution in [3.63, 3.8) is 0 Å². The summed E-state index contributed by atoms with van der Waals surface area (Å²) in [5.41, 5.74) is 4.42. The molecule has 1 aliphatic rings. The second-order valence-corrected chi connectivity index (χ2v) is 10.8. The Kier molecular flexibility index (Phi) is 7.08. The maximum absolute atomic E-state index is 13.0. The minimum atomic E-state index is -3.60. The summed E-state index contributed by atoms with van der Waals surface area (Å²) in [7, 11) is -3.60. The van der Waals surface area contributed by atoms with Crippen molar-refractivity contribution in [3.8, 4) is 0 Å². The molecule has 4 rings (SSSR count). The number of imidazole rings is 1. The maximum atomic E-state index is 13.0. The van der Waals surface area contributed by atoms with Gasteiger partial charge in [-0.15, -0.1) is 0 Å². The Labute approximate surface area is 198 Å². The van der Waals surface area contributed by atoms with Gasteiger partial charge in [-0.3, -0.25) is 4.79 Å². The summed E-state index contributed by atoms with van der Waals surface area (Å²) in [4.78, 5) is 17.4. The lowest BCUT2D eigenvalue weighted by Gasteiger charge is -2.26. The van der Waals surface area contributed by atoms with Crippen LogP contribution >= 0.6 is 11.8 Å². The smallest absolute Gasteiger partial charge is 0.243 e. The molecule has 176 valence electrons. The van der Waals surface area contributed by atoms with Gasteiger partial charge in [-0.1, -0.05) is 23.9 Å². The fraction of sp³-hybridized carbons (Fsp3) is 0.391. The molecule has 33 heavy (non-hydrogen) atoms. The number of fused-ring (bicyclic) bond motifs is 1. The summed E-state index contributed by atoms with van der Waals surface area (Å²) in [6, 6.07) is 10.9. The van der Waals surface area contributed by atoms with Crippen LogP contribution < -0.4 is 5.32 Å². The summed E-state index contributed by atoms with van der Waals surface area (Å²) >= 11 is 1.34. The monoisotopic (exact) mass is 488 g/mol. The first-order valence-corrected chi connectivity index (χ1v) is 13.3. The molecule has 0 radical (unpaired) electrons. The highest BCUT2D eigenvalue weighted by Gasteiger charge is 2.27. The van der Waals surface area contributed by atoms with Crippen molar-refractivity contribution in [2.45, 2.75) is 37.4 Å². The van der Waals surface area contributed by atoms with Gasteiger partial charge in [0.05, 0.1) is 34.9 Å². The Morgan fingerprint density at radius 1 is 1.18 bits per heavy atom. The number of hydrogen-bond acceptors (Lipinski definition) is 6. The number of hydrogen-bond donors (Lipinski definition) is 1. The third-order valence-corrected chi connectivity index (χ3v) is 8.69. The fourth-order valence-electron chi connectivity index (χ4n) is 3.80. The number of morpholine rings is 1. The first kappa shape index (κ1) is 23.7. The number of sulfonamides is 1. The van der Waals surface area contributed by atoms with Crippen molar-refractivity contribution in [3.05, 3.63) is 47.5 Å². The van der Waals surface area contributed by atoms with Crippen LogP contribution in [0.4, 0.5) is 5.69 Å². The van der Waals surface area contributed by atoms with E-state index < -0.39 is 10.0 Å². The topological polar surface area (TPSA) is 93.5 Å². The molecule has 0 bridgehead atoms. The number of benzene rings is 2. The van der Waals surface area contributed by atoms with Crippen molar-refractivity contribution < 1.29 is 17.9 Å². The van der Waals surface area contributed by atoms with Gasteiger partial charge in [-0.2, -0.15) is 4.31 Å². The van der Waals surface area contributed by atoms with Crippen molar-refractivity contribution >= 4 is 44.4 Å². The molecule has 2 aromatic carbocycles. The third-order valence-electron chi connectivity index (χ3n) is 5.82. The Hall–Kier alpha value is -2.40. The maximum Gasteiger partial charge on any atom is 0.243 e. The summed E-state index contributed by atoms with van der Waals surface area (Å²) in [5.74, 6) is 0.0920. The minimum Gasteiger partial charge on any atom is -0.379 e. The van der Waals surface area contributed by atoms with Crippen LogP contribution in [0.2, 0.25) is 0 Å². The first-order valence-electron chi connectivity index (χ1n) is 10.9. The standard InChI is InChI=1S/C23H28N4O4S2/c1-4-27-21-9-8-18(33(29,30)26-10-12-31-13-11-26)14-20(21)25-23(27)32-15-22(28)24-19-7-5-6-16(2)17(19)3/h5-9,14H,4,10-13,15H2,1-3H3,(H,24,28). The van der Waals surface area contributed by atoms with Crippen LogP contribution in [0.15, 0.2) is 46.5 Å². The molecular formula is C23H28N4O4S2. The number of anilines is 1. The molecule has 3 aromatic rings. The van der Waals surface area contributed by atoms with E-state index in [0.29, 0.717) is 43.5 Å². The van der Waals surface area contributed by atoms with Gasteiger partial charge in [0.15, 0.2) is 5.16 Å². The molecule has 8 nitrogen and oxygen atoms in total. The molecular weight excluding hydrogens is 460 g/mol. The Bertz CT molecular complexity index is 1280. The van der Waals surface area contributed by atoms with E-state index in [1.807, 2.05) is 43.5 Å². The number of carbonyl (C=O) groups excluding carboxylic acids is 1. The number of amides is 1. The largest absolute Gasteiger partial charge is 0.379 e. The van der Waals surface area contributed by atoms with Gasteiger partial charge in [-0.05, 0) is 56.2 Å². The molecule has 2 heterocycles. The lowest BCUT2D eigenvalue weighted by Crippen LogP contribution is -2.40. The Morgan fingerprint density at radius 2 is 1.94 bits per heavy atom. The van der Waals surface area contributed by atoms with E-state index in [1.54, 1.807) is 18.2 Å². The van der Waals surface area contributed by atoms with Crippen LogP contribution in [0.25, 0.3) is 11.0 Å². The van der Waals surface area contributed by atoms with Crippen molar-refractivity contribution in [2.24, 2.45) is 0 Å². The van der Waals surface area contributed by atoms with Crippen LogP contribution in [0, 0.1) is 13.8 Å². The molecule has 1 saturated heterocycles. The summed E-state index contributed by atoms with van der Waals surface area (Å²) < 4.78 is 34.7. The average Bonchev–Trinajstić information content (AvgIpc) is 3.18. The number of aryl methyl sites for hydroxylation is 2. The first-order chi connectivity index (χ1) is 15.8. The van der Waals surface area contributed by atoms with Crippen LogP contribution in [0.3, 0.4) is 0 Å². The summed E-state index contributed by atoms with van der Waals surface area (Å²) in [6.45, 7) is 8.15. The van der Waals surface area contributed by atoms with E-state index in [4.69, 9.17) is 4.74 Å². The van der Waals surface area contributed by atoms with Crippen molar-refractivity contribution in [1.29, 1.82) is 0 Å². The molecule has 10 heteroatoms. The molecule has 0 atom stereocenters. The van der Waals surface area contributed by atoms with E-state index >= 15 is 0 Å². The lowest BCUT2D eigenvalue weighted by atomic mass is 10.1. The van der Waals surface area contributed by atoms with E-state index in [1.165, 1.54) is 16.1 Å². The number of rotatable bonds is 7. The highest BCUT2D eigenvalue weighted by Crippen LogP contribution is 2.28. The summed E-state index contributed by atoms with van der Waals surface area (Å²) in [6.07, 6.45) is 0. The van der Waals surface area contributed by atoms with Gasteiger partial charge in [0.1, 0.15) is 0 Å². The van der Waals surface area contributed by atoms with Gasteiger partial charge in [0.2, 0.25) is 15.9 Å². The van der Waals surface area contributed by atoms with Crippen molar-refractivity contribution in [1.82, 2.24) is 13.9 Å². The number of ether oxygens (including phenoxy) is 1. The zero-order chi connectivity index (χ0) is 23.6. The van der Waals surface area contributed by atoms with Crippen LogP contribution in [-0.2, 0) is 26.1 Å². The Balaban J connectivity index is 1.53. The minimum absolute atomic E-state index is 0.112. The zero-order valence-electron chi connectivity index (χ0n) is 19.0. The molecule has 1 N–H and O–H groups in total. The normalized spacial score (nSPS) is 15.1. The number of nitrogens with zero attached hydrogens (tertiary/aromatic N) is 3.